The van der Waals surface area contributed by atoms with Crippen LogP contribution in [0.3, 0.4) is 0 Å². The molecule has 0 heterocycles. The Bertz CT molecular complexity index is 774. The van der Waals surface area contributed by atoms with Crippen molar-refractivity contribution >= 4 is 46.4 Å². The molecule has 0 unspecified atom stereocenters. The van der Waals surface area contributed by atoms with Crippen molar-refractivity contribution in [1.82, 2.24) is 0 Å². The second-order valence-corrected chi connectivity index (χ2v) is 6.74. The lowest BCUT2D eigenvalue weighted by molar-refractivity contribution is -0.118. The molecule has 2 aromatic rings. The van der Waals surface area contributed by atoms with E-state index in [-0.39, 0.29) is 18.3 Å². The Morgan fingerprint density at radius 1 is 0.958 bits per heavy atom. The van der Waals surface area contributed by atoms with E-state index in [1.807, 2.05) is 32.0 Å². The molecule has 0 spiro atoms. The average Bonchev–Trinajstić information content (AvgIpc) is 2.55. The van der Waals surface area contributed by atoms with Crippen LogP contribution in [0.2, 0.25) is 15.1 Å². The molecular formula is C18H18Cl3NO2. The summed E-state index contributed by atoms with van der Waals surface area (Å²) in [6, 6.07) is 5.72. The smallest absolute Gasteiger partial charge is 0.262 e. The van der Waals surface area contributed by atoms with E-state index in [0.717, 1.165) is 16.8 Å². The summed E-state index contributed by atoms with van der Waals surface area (Å²) in [7, 11) is 0. The van der Waals surface area contributed by atoms with Gasteiger partial charge in [-0.05, 0) is 56.0 Å². The minimum Gasteiger partial charge on any atom is -0.481 e. The van der Waals surface area contributed by atoms with Crippen molar-refractivity contribution in [2.45, 2.75) is 27.7 Å². The third kappa shape index (κ3) is 3.80. The fraction of sp³-hybridized carbons (Fsp3) is 0.278. The molecule has 0 aliphatic rings. The number of hydrogen-bond acceptors (Lipinski definition) is 2. The van der Waals surface area contributed by atoms with Crippen molar-refractivity contribution in [2.75, 3.05) is 11.9 Å². The average molecular weight is 387 g/mol. The topological polar surface area (TPSA) is 38.3 Å². The van der Waals surface area contributed by atoms with Crippen LogP contribution in [-0.2, 0) is 4.79 Å². The van der Waals surface area contributed by atoms with E-state index >= 15 is 0 Å². The van der Waals surface area contributed by atoms with Gasteiger partial charge in [0.25, 0.3) is 5.91 Å². The van der Waals surface area contributed by atoms with Crippen LogP contribution >= 0.6 is 34.8 Å². The number of nitrogens with one attached hydrogen (secondary N) is 1. The van der Waals surface area contributed by atoms with Crippen LogP contribution in [-0.4, -0.2) is 12.5 Å². The van der Waals surface area contributed by atoms with E-state index < -0.39 is 0 Å². The van der Waals surface area contributed by atoms with E-state index in [9.17, 15) is 4.79 Å². The van der Waals surface area contributed by atoms with Gasteiger partial charge in [0.05, 0.1) is 10.0 Å². The molecule has 0 fully saturated rings. The summed E-state index contributed by atoms with van der Waals surface area (Å²) in [6.07, 6.45) is 0. The third-order valence-corrected chi connectivity index (χ3v) is 5.42. The van der Waals surface area contributed by atoms with Gasteiger partial charge in [0, 0.05) is 10.7 Å². The Balaban J connectivity index is 2.14. The number of halogens is 3. The SMILES string of the molecule is Cc1cccc(NC(=O)COc2c(Cl)c(C)c(Cl)c(C)c2Cl)c1C. The number of ether oxygens (including phenoxy) is 1. The number of aryl methyl sites for hydroxylation is 1. The van der Waals surface area contributed by atoms with Gasteiger partial charge in [-0.2, -0.15) is 0 Å². The van der Waals surface area contributed by atoms with Gasteiger partial charge in [-0.15, -0.1) is 0 Å². The van der Waals surface area contributed by atoms with Gasteiger partial charge in [0.15, 0.2) is 12.4 Å². The Morgan fingerprint density at radius 3 is 2.12 bits per heavy atom. The van der Waals surface area contributed by atoms with Crippen LogP contribution in [0.1, 0.15) is 22.3 Å². The molecule has 3 nitrogen and oxygen atoms in total. The number of amides is 1. The van der Waals surface area contributed by atoms with Gasteiger partial charge < -0.3 is 10.1 Å². The Morgan fingerprint density at radius 2 is 1.54 bits per heavy atom. The lowest BCUT2D eigenvalue weighted by atomic mass is 10.1. The first-order chi connectivity index (χ1) is 11.2. The minimum absolute atomic E-state index is 0.201. The summed E-state index contributed by atoms with van der Waals surface area (Å²) in [5.74, 6) is -0.0186. The lowest BCUT2D eigenvalue weighted by Crippen LogP contribution is -2.21. The highest BCUT2D eigenvalue weighted by atomic mass is 35.5. The molecule has 1 N–H and O–H groups in total. The molecule has 0 radical (unpaired) electrons. The molecule has 24 heavy (non-hydrogen) atoms. The molecule has 0 atom stereocenters. The van der Waals surface area contributed by atoms with Crippen molar-refractivity contribution in [1.29, 1.82) is 0 Å². The zero-order valence-corrected chi connectivity index (χ0v) is 16.2. The minimum atomic E-state index is -0.291. The lowest BCUT2D eigenvalue weighted by Gasteiger charge is -2.16. The third-order valence-electron chi connectivity index (χ3n) is 3.94. The van der Waals surface area contributed by atoms with Crippen LogP contribution in [0.15, 0.2) is 18.2 Å². The van der Waals surface area contributed by atoms with Crippen LogP contribution in [0.4, 0.5) is 5.69 Å². The standard InChI is InChI=1S/C18H18Cl3NO2/c1-9-6-5-7-13(10(9)2)22-14(23)8-24-18-16(20)11(3)15(19)12(4)17(18)21/h5-7H,8H2,1-4H3,(H,22,23). The predicted octanol–water partition coefficient (Wildman–Crippen LogP) is 5.90. The number of benzene rings is 2. The maximum absolute atomic E-state index is 12.2. The molecule has 128 valence electrons. The summed E-state index contributed by atoms with van der Waals surface area (Å²) in [5, 5.41) is 3.95. The second-order valence-electron chi connectivity index (χ2n) is 5.61. The van der Waals surface area contributed by atoms with Gasteiger partial charge in [-0.3, -0.25) is 4.79 Å². The normalized spacial score (nSPS) is 10.6. The van der Waals surface area contributed by atoms with E-state index in [2.05, 4.69) is 5.32 Å². The molecule has 0 aromatic heterocycles. The highest BCUT2D eigenvalue weighted by molar-refractivity contribution is 6.42. The van der Waals surface area contributed by atoms with Crippen LogP contribution < -0.4 is 10.1 Å². The predicted molar refractivity (Wildman–Crippen MR) is 101 cm³/mol. The van der Waals surface area contributed by atoms with Gasteiger partial charge in [0.1, 0.15) is 0 Å². The first-order valence-electron chi connectivity index (χ1n) is 7.36. The summed E-state index contributed by atoms with van der Waals surface area (Å²) in [6.45, 7) is 7.28. The molecule has 0 saturated carbocycles. The number of rotatable bonds is 4. The zero-order valence-electron chi connectivity index (χ0n) is 13.9. The molecule has 0 saturated heterocycles. The molecule has 0 aliphatic carbocycles. The molecule has 0 aliphatic heterocycles. The number of anilines is 1. The summed E-state index contributed by atoms with van der Waals surface area (Å²) < 4.78 is 5.55. The van der Waals surface area contributed by atoms with E-state index in [4.69, 9.17) is 39.5 Å². The quantitative estimate of drug-likeness (QED) is 0.710. The molecule has 6 heteroatoms. The van der Waals surface area contributed by atoms with Gasteiger partial charge >= 0.3 is 0 Å². The summed E-state index contributed by atoms with van der Waals surface area (Å²) in [4.78, 5) is 12.2. The Labute approximate surface area is 156 Å². The number of carbonyl (C=O) groups excluding carboxylic acids is 1. The van der Waals surface area contributed by atoms with Crippen LogP contribution in [0.25, 0.3) is 0 Å². The van der Waals surface area contributed by atoms with Crippen molar-refractivity contribution in [2.24, 2.45) is 0 Å². The summed E-state index contributed by atoms with van der Waals surface area (Å²) >= 11 is 18.6. The van der Waals surface area contributed by atoms with E-state index in [1.165, 1.54) is 0 Å². The van der Waals surface area contributed by atoms with E-state index in [1.54, 1.807) is 13.8 Å². The monoisotopic (exact) mass is 385 g/mol. The van der Waals surface area contributed by atoms with Gasteiger partial charge in [-0.25, -0.2) is 0 Å². The van der Waals surface area contributed by atoms with Gasteiger partial charge in [-0.1, -0.05) is 46.9 Å². The maximum Gasteiger partial charge on any atom is 0.262 e. The fourth-order valence-electron chi connectivity index (χ4n) is 2.25. The van der Waals surface area contributed by atoms with E-state index in [0.29, 0.717) is 26.2 Å². The van der Waals surface area contributed by atoms with Gasteiger partial charge in [0.2, 0.25) is 0 Å². The van der Waals surface area contributed by atoms with Crippen molar-refractivity contribution in [3.05, 3.63) is 55.5 Å². The molecule has 2 rings (SSSR count). The number of carbonyl (C=O) groups is 1. The number of hydrogen-bond donors (Lipinski definition) is 1. The molecule has 2 aromatic carbocycles. The second kappa shape index (κ2) is 7.64. The molecule has 0 bridgehead atoms. The first-order valence-corrected chi connectivity index (χ1v) is 8.50. The Kier molecular flexibility index (Phi) is 6.02. The zero-order chi connectivity index (χ0) is 18.0. The van der Waals surface area contributed by atoms with Crippen LogP contribution in [0.5, 0.6) is 5.75 Å². The Hall–Kier alpha value is -1.42. The molecule has 1 amide bonds. The fourth-order valence-corrected chi connectivity index (χ4v) is 3.07. The van der Waals surface area contributed by atoms with Crippen LogP contribution in [0, 0.1) is 27.7 Å². The summed E-state index contributed by atoms with van der Waals surface area (Å²) in [5.41, 5.74) is 4.21. The van der Waals surface area contributed by atoms with Crippen molar-refractivity contribution in [3.8, 4) is 5.75 Å². The largest absolute Gasteiger partial charge is 0.481 e. The maximum atomic E-state index is 12.2. The molecular weight excluding hydrogens is 369 g/mol. The van der Waals surface area contributed by atoms with Crippen molar-refractivity contribution in [3.63, 3.8) is 0 Å². The first kappa shape index (κ1) is 18.9. The highest BCUT2D eigenvalue weighted by Gasteiger charge is 2.18. The highest BCUT2D eigenvalue weighted by Crippen LogP contribution is 2.42. The van der Waals surface area contributed by atoms with Crippen molar-refractivity contribution < 1.29 is 9.53 Å².